The summed E-state index contributed by atoms with van der Waals surface area (Å²) in [6.45, 7) is 5.13. The molecule has 3 aromatic heterocycles. The van der Waals surface area contributed by atoms with Crippen LogP contribution in [0.3, 0.4) is 0 Å². The molecule has 0 saturated carbocycles. The number of aliphatic imine (C=N–C) groups is 1. The van der Waals surface area contributed by atoms with Crippen LogP contribution >= 0.6 is 24.0 Å². The van der Waals surface area contributed by atoms with Crippen molar-refractivity contribution in [2.24, 2.45) is 12.0 Å². The zero-order chi connectivity index (χ0) is 19.5. The molecule has 0 aliphatic carbocycles. The van der Waals surface area contributed by atoms with E-state index in [0.29, 0.717) is 6.61 Å². The molecule has 3 aromatic rings. The number of aromatic nitrogens is 4. The first-order chi connectivity index (χ1) is 13.6. The van der Waals surface area contributed by atoms with Gasteiger partial charge in [-0.2, -0.15) is 5.10 Å². The fourth-order valence-electron chi connectivity index (χ4n) is 3.61. The Kier molecular flexibility index (Phi) is 7.12. The van der Waals surface area contributed by atoms with E-state index in [9.17, 15) is 0 Å². The lowest BCUT2D eigenvalue weighted by Crippen LogP contribution is -2.48. The van der Waals surface area contributed by atoms with Crippen LogP contribution in [0.15, 0.2) is 41.9 Å². The molecule has 4 rings (SSSR count). The summed E-state index contributed by atoms with van der Waals surface area (Å²) in [5, 5.41) is 7.73. The highest BCUT2D eigenvalue weighted by atomic mass is 127. The number of guanidine groups is 1. The Balaban J connectivity index is 0.00000240. The molecule has 8 nitrogen and oxygen atoms in total. The fraction of sp³-hybridized carbons (Fsp3) is 0.450. The van der Waals surface area contributed by atoms with Crippen molar-refractivity contribution in [2.45, 2.75) is 19.4 Å². The third-order valence-electron chi connectivity index (χ3n) is 5.07. The summed E-state index contributed by atoms with van der Waals surface area (Å²) >= 11 is 0. The van der Waals surface area contributed by atoms with Gasteiger partial charge in [-0.15, -0.1) is 24.0 Å². The predicted octanol–water partition coefficient (Wildman–Crippen LogP) is 2.19. The van der Waals surface area contributed by atoms with Crippen molar-refractivity contribution in [1.29, 1.82) is 0 Å². The largest absolute Gasteiger partial charge is 0.370 e. The second-order valence-corrected chi connectivity index (χ2v) is 7.13. The SMILES string of the molecule is CN=C(NCCc1cn2cccc(C)c2n1)N1CCOC(c2cnn(C)c2)C1.I. The maximum atomic E-state index is 5.93. The third kappa shape index (κ3) is 4.89. The molecule has 1 aliphatic heterocycles. The summed E-state index contributed by atoms with van der Waals surface area (Å²) in [7, 11) is 3.75. The van der Waals surface area contributed by atoms with Gasteiger partial charge in [0.2, 0.25) is 0 Å². The number of halogens is 1. The molecule has 0 radical (unpaired) electrons. The van der Waals surface area contributed by atoms with Crippen molar-refractivity contribution in [3.05, 3.63) is 53.7 Å². The summed E-state index contributed by atoms with van der Waals surface area (Å²) < 4.78 is 9.82. The van der Waals surface area contributed by atoms with E-state index in [0.717, 1.165) is 48.9 Å². The van der Waals surface area contributed by atoms with Crippen molar-refractivity contribution >= 4 is 35.6 Å². The molecule has 29 heavy (non-hydrogen) atoms. The quantitative estimate of drug-likeness (QED) is 0.332. The molecule has 9 heteroatoms. The number of morpholine rings is 1. The monoisotopic (exact) mass is 509 g/mol. The molecular formula is C20H28IN7O. The van der Waals surface area contributed by atoms with Crippen LogP contribution in [0, 0.1) is 6.92 Å². The number of aryl methyl sites for hydroxylation is 2. The Morgan fingerprint density at radius 1 is 1.38 bits per heavy atom. The number of ether oxygens (including phenoxy) is 1. The summed E-state index contributed by atoms with van der Waals surface area (Å²) in [6, 6.07) is 4.13. The zero-order valence-electron chi connectivity index (χ0n) is 17.1. The lowest BCUT2D eigenvalue weighted by molar-refractivity contribution is -0.00801. The Morgan fingerprint density at radius 2 is 2.24 bits per heavy atom. The fourth-order valence-corrected chi connectivity index (χ4v) is 3.61. The standard InChI is InChI=1S/C20H27N7O.HI/c1-15-5-4-8-26-13-17(24-19(15)26)6-7-22-20(21-2)27-9-10-28-18(14-27)16-11-23-25(3)12-16;/h4-5,8,11-13,18H,6-7,9-10,14H2,1-3H3,(H,21,22);1H. The van der Waals surface area contributed by atoms with Crippen LogP contribution < -0.4 is 5.32 Å². The Labute approximate surface area is 188 Å². The highest BCUT2D eigenvalue weighted by molar-refractivity contribution is 14.0. The van der Waals surface area contributed by atoms with Crippen molar-refractivity contribution in [2.75, 3.05) is 33.3 Å². The van der Waals surface area contributed by atoms with Gasteiger partial charge >= 0.3 is 0 Å². The molecular weight excluding hydrogens is 481 g/mol. The van der Waals surface area contributed by atoms with Crippen molar-refractivity contribution in [3.8, 4) is 0 Å². The highest BCUT2D eigenvalue weighted by Gasteiger charge is 2.25. The second-order valence-electron chi connectivity index (χ2n) is 7.13. The minimum absolute atomic E-state index is 0. The Bertz CT molecular complexity index is 980. The smallest absolute Gasteiger partial charge is 0.193 e. The molecule has 0 bridgehead atoms. The molecule has 1 aliphatic rings. The number of nitrogens with one attached hydrogen (secondary N) is 1. The van der Waals surface area contributed by atoms with Crippen molar-refractivity contribution in [1.82, 2.24) is 29.4 Å². The van der Waals surface area contributed by atoms with Gasteiger partial charge in [0.15, 0.2) is 5.96 Å². The molecule has 1 fully saturated rings. The molecule has 4 heterocycles. The number of fused-ring (bicyclic) bond motifs is 1. The number of hydrogen-bond acceptors (Lipinski definition) is 4. The van der Waals surface area contributed by atoms with E-state index in [1.54, 1.807) is 4.68 Å². The predicted molar refractivity (Wildman–Crippen MR) is 124 cm³/mol. The number of pyridine rings is 1. The first-order valence-corrected chi connectivity index (χ1v) is 9.63. The van der Waals surface area contributed by atoms with E-state index in [1.807, 2.05) is 38.8 Å². The van der Waals surface area contributed by atoms with Gasteiger partial charge < -0.3 is 19.4 Å². The maximum absolute atomic E-state index is 5.93. The summed E-state index contributed by atoms with van der Waals surface area (Å²) in [5.74, 6) is 0.900. The van der Waals surface area contributed by atoms with Gasteiger partial charge in [-0.3, -0.25) is 9.67 Å². The molecule has 1 N–H and O–H groups in total. The van der Waals surface area contributed by atoms with Gasteiger partial charge in [0.25, 0.3) is 0 Å². The minimum atomic E-state index is 0. The minimum Gasteiger partial charge on any atom is -0.370 e. The average molecular weight is 509 g/mol. The molecule has 156 valence electrons. The highest BCUT2D eigenvalue weighted by Crippen LogP contribution is 2.21. The third-order valence-corrected chi connectivity index (χ3v) is 5.07. The van der Waals surface area contributed by atoms with E-state index in [4.69, 9.17) is 9.72 Å². The normalized spacial score (nSPS) is 17.4. The van der Waals surface area contributed by atoms with Gasteiger partial charge in [0, 0.05) is 57.8 Å². The van der Waals surface area contributed by atoms with E-state index in [2.05, 4.69) is 43.9 Å². The number of hydrogen-bond donors (Lipinski definition) is 1. The molecule has 1 unspecified atom stereocenters. The Morgan fingerprint density at radius 3 is 2.97 bits per heavy atom. The van der Waals surface area contributed by atoms with Crippen molar-refractivity contribution < 1.29 is 4.74 Å². The number of nitrogens with zero attached hydrogens (tertiary/aromatic N) is 6. The van der Waals surface area contributed by atoms with E-state index in [-0.39, 0.29) is 30.1 Å². The maximum Gasteiger partial charge on any atom is 0.193 e. The van der Waals surface area contributed by atoms with Gasteiger partial charge in [0.05, 0.1) is 25.0 Å². The first kappa shape index (κ1) is 21.6. The van der Waals surface area contributed by atoms with Crippen molar-refractivity contribution in [3.63, 3.8) is 0 Å². The van der Waals surface area contributed by atoms with Gasteiger partial charge in [-0.1, -0.05) is 6.07 Å². The van der Waals surface area contributed by atoms with E-state index >= 15 is 0 Å². The van der Waals surface area contributed by atoms with E-state index in [1.165, 1.54) is 5.56 Å². The zero-order valence-corrected chi connectivity index (χ0v) is 19.4. The Hall–Kier alpha value is -2.14. The molecule has 0 aromatic carbocycles. The van der Waals surface area contributed by atoms with Crippen LogP contribution in [0.25, 0.3) is 5.65 Å². The van der Waals surface area contributed by atoms with Crippen LogP contribution in [0.1, 0.15) is 22.9 Å². The lowest BCUT2D eigenvalue weighted by Gasteiger charge is -2.34. The molecule has 1 atom stereocenters. The summed E-state index contributed by atoms with van der Waals surface area (Å²) in [4.78, 5) is 11.4. The number of imidazole rings is 1. The van der Waals surface area contributed by atoms with Gasteiger partial charge in [-0.25, -0.2) is 4.98 Å². The van der Waals surface area contributed by atoms with Crippen LogP contribution in [0.4, 0.5) is 0 Å². The van der Waals surface area contributed by atoms with E-state index < -0.39 is 0 Å². The summed E-state index contributed by atoms with van der Waals surface area (Å²) in [5.41, 5.74) is 4.39. The average Bonchev–Trinajstić information content (AvgIpc) is 3.32. The summed E-state index contributed by atoms with van der Waals surface area (Å²) in [6.07, 6.45) is 8.88. The van der Waals surface area contributed by atoms with Crippen LogP contribution in [0.2, 0.25) is 0 Å². The van der Waals surface area contributed by atoms with Crippen LogP contribution in [-0.2, 0) is 18.2 Å². The molecule has 1 saturated heterocycles. The first-order valence-electron chi connectivity index (χ1n) is 9.63. The second kappa shape index (κ2) is 9.57. The van der Waals surface area contributed by atoms with Gasteiger partial charge in [0.1, 0.15) is 11.8 Å². The lowest BCUT2D eigenvalue weighted by atomic mass is 10.1. The molecule has 0 amide bonds. The van der Waals surface area contributed by atoms with Crippen LogP contribution in [0.5, 0.6) is 0 Å². The number of rotatable bonds is 4. The topological polar surface area (TPSA) is 72.0 Å². The molecule has 0 spiro atoms. The van der Waals surface area contributed by atoms with Gasteiger partial charge in [-0.05, 0) is 18.6 Å². The van der Waals surface area contributed by atoms with Crippen LogP contribution in [-0.4, -0.2) is 63.3 Å².